The Labute approximate surface area is 316 Å². The molecule has 5 aliphatic rings. The summed E-state index contributed by atoms with van der Waals surface area (Å²) in [5.74, 6) is -0.0227. The number of fused-ring (bicyclic) bond motifs is 2. The summed E-state index contributed by atoms with van der Waals surface area (Å²) in [5, 5.41) is 8.14. The molecule has 4 amide bonds. The lowest BCUT2D eigenvalue weighted by Crippen LogP contribution is -2.69. The Morgan fingerprint density at radius 3 is 2.27 bits per heavy atom. The molecule has 2 aromatic heterocycles. The van der Waals surface area contributed by atoms with Crippen molar-refractivity contribution in [3.63, 3.8) is 0 Å². The third-order valence-corrected chi connectivity index (χ3v) is 12.2. The van der Waals surface area contributed by atoms with Crippen molar-refractivity contribution < 1.29 is 23.9 Å². The molecule has 1 aliphatic carbocycles. The van der Waals surface area contributed by atoms with Gasteiger partial charge in [-0.25, -0.2) is 14.6 Å². The summed E-state index contributed by atoms with van der Waals surface area (Å²) in [6.07, 6.45) is 5.98. The van der Waals surface area contributed by atoms with Crippen molar-refractivity contribution in [3.8, 4) is 22.8 Å². The zero-order chi connectivity index (χ0) is 37.4. The van der Waals surface area contributed by atoms with E-state index in [1.807, 2.05) is 60.7 Å². The smallest absolute Gasteiger partial charge is 0.262 e. The molecule has 6 heterocycles. The lowest BCUT2D eigenvalue weighted by molar-refractivity contribution is -0.136. The first-order valence-electron chi connectivity index (χ1n) is 18.9. The summed E-state index contributed by atoms with van der Waals surface area (Å²) >= 11 is 0. The molecular weight excluding hydrogens is 699 g/mol. The van der Waals surface area contributed by atoms with Gasteiger partial charge in [0.05, 0.1) is 22.6 Å². The van der Waals surface area contributed by atoms with Crippen LogP contribution in [0.3, 0.4) is 0 Å². The number of likely N-dealkylation sites (tertiary alicyclic amines) is 1. The van der Waals surface area contributed by atoms with Crippen LogP contribution in [-0.2, 0) is 9.59 Å². The minimum Gasteiger partial charge on any atom is -0.457 e. The number of ether oxygens (including phenoxy) is 1. The van der Waals surface area contributed by atoms with Crippen molar-refractivity contribution in [1.82, 2.24) is 34.9 Å². The Hall–Kier alpha value is -6.15. The third kappa shape index (κ3) is 5.61. The van der Waals surface area contributed by atoms with Crippen molar-refractivity contribution >= 4 is 46.2 Å². The predicted molar refractivity (Wildman–Crippen MR) is 202 cm³/mol. The van der Waals surface area contributed by atoms with Gasteiger partial charge in [-0.2, -0.15) is 5.10 Å². The maximum atomic E-state index is 13.3. The molecule has 3 N–H and O–H groups in total. The number of anilines is 2. The summed E-state index contributed by atoms with van der Waals surface area (Å²) in [6.45, 7) is 3.82. The maximum absolute atomic E-state index is 13.3. The molecule has 0 unspecified atom stereocenters. The van der Waals surface area contributed by atoms with Crippen LogP contribution in [0, 0.1) is 5.41 Å². The number of aromatic nitrogens is 4. The number of nitrogens with two attached hydrogens (primary N) is 1. The average Bonchev–Trinajstić information content (AvgIpc) is 3.67. The van der Waals surface area contributed by atoms with Gasteiger partial charge in [0.15, 0.2) is 5.65 Å². The molecule has 4 fully saturated rings. The van der Waals surface area contributed by atoms with E-state index in [1.54, 1.807) is 12.1 Å². The summed E-state index contributed by atoms with van der Waals surface area (Å²) in [4.78, 5) is 65.3. The predicted octanol–water partition coefficient (Wildman–Crippen LogP) is 4.57. The van der Waals surface area contributed by atoms with Crippen LogP contribution in [0.2, 0.25) is 0 Å². The van der Waals surface area contributed by atoms with E-state index in [4.69, 9.17) is 15.6 Å². The molecule has 3 aromatic carbocycles. The van der Waals surface area contributed by atoms with Crippen molar-refractivity contribution in [2.45, 2.75) is 56.7 Å². The van der Waals surface area contributed by atoms with Gasteiger partial charge in [-0.15, -0.1) is 0 Å². The van der Waals surface area contributed by atoms with Crippen LogP contribution in [0.15, 0.2) is 79.1 Å². The molecule has 14 nitrogen and oxygen atoms in total. The highest BCUT2D eigenvalue weighted by Crippen LogP contribution is 2.49. The number of para-hydroxylation sites is 1. The van der Waals surface area contributed by atoms with E-state index in [1.165, 1.54) is 6.33 Å². The van der Waals surface area contributed by atoms with Gasteiger partial charge in [0.2, 0.25) is 11.8 Å². The molecule has 5 aromatic rings. The molecular formula is C41H39N9O5. The lowest BCUT2D eigenvalue weighted by Gasteiger charge is -2.59. The molecule has 14 heteroatoms. The van der Waals surface area contributed by atoms with Crippen LogP contribution in [0.25, 0.3) is 22.3 Å². The second kappa shape index (κ2) is 12.7. The Morgan fingerprint density at radius 1 is 0.800 bits per heavy atom. The normalized spacial score (nSPS) is 21.5. The number of rotatable bonds is 7. The zero-order valence-electron chi connectivity index (χ0n) is 30.1. The monoisotopic (exact) mass is 737 g/mol. The van der Waals surface area contributed by atoms with E-state index in [2.05, 4.69) is 29.8 Å². The number of hydrogen-bond acceptors (Lipinski definition) is 11. The Bertz CT molecular complexity index is 2370. The highest BCUT2D eigenvalue weighted by Gasteiger charge is 2.50. The number of imide groups is 2. The van der Waals surface area contributed by atoms with Gasteiger partial charge in [0.1, 0.15) is 35.4 Å². The van der Waals surface area contributed by atoms with Crippen molar-refractivity contribution in [2.24, 2.45) is 5.41 Å². The fourth-order valence-corrected chi connectivity index (χ4v) is 9.16. The number of benzene rings is 3. The van der Waals surface area contributed by atoms with E-state index >= 15 is 0 Å². The van der Waals surface area contributed by atoms with Gasteiger partial charge in [-0.1, -0.05) is 18.2 Å². The minimum atomic E-state index is -0.968. The average molecular weight is 738 g/mol. The van der Waals surface area contributed by atoms with Crippen molar-refractivity contribution in [1.29, 1.82) is 0 Å². The van der Waals surface area contributed by atoms with Crippen molar-refractivity contribution in [3.05, 3.63) is 90.3 Å². The number of hydrogen-bond donors (Lipinski definition) is 2. The number of piperidine rings is 1. The van der Waals surface area contributed by atoms with Gasteiger partial charge in [-0.3, -0.25) is 34.3 Å². The minimum absolute atomic E-state index is 0.0957. The van der Waals surface area contributed by atoms with Gasteiger partial charge in [0.25, 0.3) is 11.8 Å². The molecule has 3 saturated heterocycles. The van der Waals surface area contributed by atoms with Crippen LogP contribution < -0.4 is 20.7 Å². The summed E-state index contributed by atoms with van der Waals surface area (Å²) < 4.78 is 8.07. The van der Waals surface area contributed by atoms with Gasteiger partial charge in [-0.05, 0) is 92.1 Å². The van der Waals surface area contributed by atoms with Crippen LogP contribution >= 0.6 is 0 Å². The summed E-state index contributed by atoms with van der Waals surface area (Å²) in [6, 6.07) is 22.6. The molecule has 10 rings (SSSR count). The van der Waals surface area contributed by atoms with Crippen LogP contribution in [0.5, 0.6) is 11.5 Å². The molecule has 278 valence electrons. The quantitative estimate of drug-likeness (QED) is 0.225. The first-order valence-corrected chi connectivity index (χ1v) is 18.9. The molecule has 55 heavy (non-hydrogen) atoms. The first-order chi connectivity index (χ1) is 26.7. The highest BCUT2D eigenvalue weighted by molar-refractivity contribution is 6.23. The second-order valence-electron chi connectivity index (χ2n) is 15.6. The van der Waals surface area contributed by atoms with E-state index < -0.39 is 23.8 Å². The van der Waals surface area contributed by atoms with Crippen LogP contribution in [0.1, 0.15) is 65.3 Å². The Balaban J connectivity index is 0.765. The maximum Gasteiger partial charge on any atom is 0.262 e. The van der Waals surface area contributed by atoms with E-state index in [0.29, 0.717) is 28.4 Å². The molecule has 1 spiro atoms. The Morgan fingerprint density at radius 2 is 1.53 bits per heavy atom. The number of nitrogens with one attached hydrogen (secondary N) is 1. The number of amides is 4. The van der Waals surface area contributed by atoms with Crippen molar-refractivity contribution in [2.75, 3.05) is 36.8 Å². The largest absolute Gasteiger partial charge is 0.457 e. The highest BCUT2D eigenvalue weighted by atomic mass is 16.5. The number of nitrogens with zero attached hydrogens (tertiary/aromatic N) is 7. The molecule has 1 saturated carbocycles. The summed E-state index contributed by atoms with van der Waals surface area (Å²) in [5.41, 5.74) is 10.7. The SMILES string of the molecule is Nc1ncnc2c1c(-c1ccc(Oc3ccccc3)cc1)nn2C1CCC2(CC1)CN(C1CN(c3ccc4c(c3)C(=O)N([C@H]3CCC(=O)NC3=O)C4=O)C1)C2. The van der Waals surface area contributed by atoms with E-state index in [-0.39, 0.29) is 24.8 Å². The first kappa shape index (κ1) is 33.4. The van der Waals surface area contributed by atoms with Gasteiger partial charge < -0.3 is 15.4 Å². The number of carbonyl (C=O) groups excluding carboxylic acids is 4. The van der Waals surface area contributed by atoms with Gasteiger partial charge in [0, 0.05) is 49.9 Å². The Kier molecular flexibility index (Phi) is 7.73. The molecule has 1 atom stereocenters. The molecule has 0 bridgehead atoms. The van der Waals surface area contributed by atoms with Crippen LogP contribution in [0.4, 0.5) is 11.5 Å². The lowest BCUT2D eigenvalue weighted by atomic mass is 9.66. The topological polar surface area (TPSA) is 169 Å². The number of carbonyl (C=O) groups is 4. The fraction of sp³-hybridized carbons (Fsp3) is 0.341. The fourth-order valence-electron chi connectivity index (χ4n) is 9.16. The standard InChI is InChI=1S/C41H39N9O5/c42-36-34-35(24-6-9-29(10-7-24)55-28-4-2-1-3-5-28)46-50(37(34)44-23-43-36)25-14-16-41(17-15-25)21-48(22-41)27-19-47(20-27)26-8-11-30-31(18-26)40(54)49(39(30)53)32-12-13-33(51)45-38(32)52/h1-11,18,23,25,27,32H,12-17,19-22H2,(H2,42,43,44)(H,45,51,52)/t32-/m0/s1. The van der Waals surface area contributed by atoms with E-state index in [0.717, 1.165) is 96.2 Å². The van der Waals surface area contributed by atoms with Gasteiger partial charge >= 0.3 is 0 Å². The van der Waals surface area contributed by atoms with E-state index in [9.17, 15) is 19.2 Å². The summed E-state index contributed by atoms with van der Waals surface area (Å²) in [7, 11) is 0. The zero-order valence-corrected chi connectivity index (χ0v) is 30.1. The molecule has 4 aliphatic heterocycles. The molecule has 0 radical (unpaired) electrons. The third-order valence-electron chi connectivity index (χ3n) is 12.2. The van der Waals surface area contributed by atoms with Crippen LogP contribution in [-0.4, -0.2) is 91.4 Å². The second-order valence-corrected chi connectivity index (χ2v) is 15.6. The number of nitrogen functional groups attached to an aromatic ring is 1.